The number of H-pyrrole nitrogens is 1. The molecule has 18 heavy (non-hydrogen) atoms. The first-order valence-corrected chi connectivity index (χ1v) is 6.48. The first-order chi connectivity index (χ1) is 8.72. The number of hydrogen-bond acceptors (Lipinski definition) is 4. The quantitative estimate of drug-likeness (QED) is 0.841. The topological polar surface area (TPSA) is 49.7 Å². The van der Waals surface area contributed by atoms with E-state index in [9.17, 15) is 0 Å². The normalized spacial score (nSPS) is 15.3. The Morgan fingerprint density at radius 3 is 2.78 bits per heavy atom. The van der Waals surface area contributed by atoms with E-state index in [1.807, 2.05) is 25.5 Å². The third-order valence-corrected chi connectivity index (χ3v) is 3.36. The summed E-state index contributed by atoms with van der Waals surface area (Å²) in [6.07, 6.45) is 6.24. The van der Waals surface area contributed by atoms with Crippen molar-refractivity contribution in [3.8, 4) is 11.3 Å². The summed E-state index contributed by atoms with van der Waals surface area (Å²) in [6.45, 7) is 2.10. The molecular weight excluding hydrogens is 246 g/mol. The molecule has 1 aliphatic heterocycles. The van der Waals surface area contributed by atoms with Gasteiger partial charge in [0.15, 0.2) is 0 Å². The molecule has 0 amide bonds. The maximum Gasteiger partial charge on any atom is 0.204 e. The van der Waals surface area contributed by atoms with Crippen molar-refractivity contribution in [3.05, 3.63) is 23.1 Å². The fourth-order valence-electron chi connectivity index (χ4n) is 2.24. The van der Waals surface area contributed by atoms with Crippen molar-refractivity contribution in [1.29, 1.82) is 0 Å². The van der Waals surface area contributed by atoms with Crippen LogP contribution in [-0.2, 0) is 7.05 Å². The summed E-state index contributed by atoms with van der Waals surface area (Å²) in [6, 6.07) is 1.88. The Balaban J connectivity index is 2.02. The second-order valence-corrected chi connectivity index (χ2v) is 4.97. The largest absolute Gasteiger partial charge is 0.342 e. The molecule has 2 aromatic rings. The number of hydrogen-bond donors (Lipinski definition) is 1. The van der Waals surface area contributed by atoms with E-state index in [2.05, 4.69) is 20.0 Å². The van der Waals surface area contributed by atoms with Crippen LogP contribution in [0, 0.1) is 4.64 Å². The average molecular weight is 261 g/mol. The Hall–Kier alpha value is -1.69. The van der Waals surface area contributed by atoms with E-state index in [1.54, 1.807) is 4.68 Å². The number of nitrogens with zero attached hydrogens (tertiary/aromatic N) is 4. The van der Waals surface area contributed by atoms with E-state index in [4.69, 9.17) is 12.2 Å². The highest BCUT2D eigenvalue weighted by Crippen LogP contribution is 2.21. The van der Waals surface area contributed by atoms with Crippen LogP contribution in [0.4, 0.5) is 5.95 Å². The Morgan fingerprint density at radius 1 is 1.33 bits per heavy atom. The maximum absolute atomic E-state index is 5.24. The van der Waals surface area contributed by atoms with E-state index in [0.717, 1.165) is 30.3 Å². The smallest absolute Gasteiger partial charge is 0.204 e. The lowest BCUT2D eigenvalue weighted by molar-refractivity contribution is 0.768. The van der Waals surface area contributed by atoms with Crippen LogP contribution in [0.25, 0.3) is 11.3 Å². The highest BCUT2D eigenvalue weighted by Gasteiger charge is 2.15. The molecule has 5 nitrogen and oxygen atoms in total. The number of rotatable bonds is 2. The zero-order valence-corrected chi connectivity index (χ0v) is 11.1. The molecule has 6 heteroatoms. The Labute approximate surface area is 110 Å². The predicted octanol–water partition coefficient (Wildman–Crippen LogP) is 2.14. The molecule has 3 rings (SSSR count). The van der Waals surface area contributed by atoms with E-state index in [1.165, 1.54) is 12.8 Å². The molecule has 0 unspecified atom stereocenters. The van der Waals surface area contributed by atoms with Gasteiger partial charge in [0.25, 0.3) is 0 Å². The van der Waals surface area contributed by atoms with Crippen molar-refractivity contribution in [2.24, 2.45) is 7.05 Å². The van der Waals surface area contributed by atoms with Crippen LogP contribution in [0.2, 0.25) is 0 Å². The van der Waals surface area contributed by atoms with Crippen LogP contribution < -0.4 is 4.90 Å². The van der Waals surface area contributed by atoms with Gasteiger partial charge in [0.2, 0.25) is 5.95 Å². The molecule has 1 fully saturated rings. The number of aromatic amines is 1. The van der Waals surface area contributed by atoms with E-state index < -0.39 is 0 Å². The second-order valence-electron chi connectivity index (χ2n) is 4.55. The van der Waals surface area contributed by atoms with Crippen molar-refractivity contribution in [3.63, 3.8) is 0 Å². The van der Waals surface area contributed by atoms with Crippen LogP contribution in [0.5, 0.6) is 0 Å². The first-order valence-electron chi connectivity index (χ1n) is 6.08. The van der Waals surface area contributed by atoms with Gasteiger partial charge in [-0.25, -0.2) is 4.98 Å². The van der Waals surface area contributed by atoms with Crippen molar-refractivity contribution in [2.75, 3.05) is 18.0 Å². The van der Waals surface area contributed by atoms with Gasteiger partial charge in [0.05, 0.1) is 11.9 Å². The average Bonchev–Trinajstić information content (AvgIpc) is 2.98. The van der Waals surface area contributed by atoms with Crippen molar-refractivity contribution >= 4 is 18.2 Å². The summed E-state index contributed by atoms with van der Waals surface area (Å²) in [5.74, 6) is 0.874. The maximum atomic E-state index is 5.24. The first kappa shape index (κ1) is 11.4. The van der Waals surface area contributed by atoms with Crippen LogP contribution in [-0.4, -0.2) is 32.8 Å². The van der Waals surface area contributed by atoms with Gasteiger partial charge in [-0.2, -0.15) is 5.10 Å². The van der Waals surface area contributed by atoms with Crippen LogP contribution in [0.1, 0.15) is 12.8 Å². The highest BCUT2D eigenvalue weighted by atomic mass is 32.1. The van der Waals surface area contributed by atoms with Crippen LogP contribution in [0.15, 0.2) is 18.5 Å². The lowest BCUT2D eigenvalue weighted by Gasteiger charge is -2.16. The molecule has 1 aliphatic rings. The van der Waals surface area contributed by atoms with Gasteiger partial charge in [-0.1, -0.05) is 12.2 Å². The molecule has 0 radical (unpaired) electrons. The van der Waals surface area contributed by atoms with Gasteiger partial charge >= 0.3 is 0 Å². The molecule has 0 aromatic carbocycles. The molecule has 2 aromatic heterocycles. The minimum atomic E-state index is 0.620. The third kappa shape index (κ3) is 2.15. The molecule has 1 saturated heterocycles. The SMILES string of the molecule is Cn1cc(-c2cc(=S)nc(N3CCCC3)[nH]2)cn1. The molecular formula is C12H15N5S. The summed E-state index contributed by atoms with van der Waals surface area (Å²) in [4.78, 5) is 10.0. The van der Waals surface area contributed by atoms with Gasteiger partial charge < -0.3 is 9.88 Å². The molecule has 0 atom stereocenters. The van der Waals surface area contributed by atoms with Crippen molar-refractivity contribution in [2.45, 2.75) is 12.8 Å². The standard InChI is InChI=1S/C12H15N5S/c1-16-8-9(7-13-16)10-6-11(18)15-12(14-10)17-4-2-3-5-17/h6-8H,2-5H2,1H3,(H,14,15,18). The van der Waals surface area contributed by atoms with Crippen molar-refractivity contribution in [1.82, 2.24) is 19.7 Å². The Bertz CT molecular complexity index is 609. The predicted molar refractivity (Wildman–Crippen MR) is 73.1 cm³/mol. The Kier molecular flexibility index (Phi) is 2.87. The summed E-state index contributed by atoms with van der Waals surface area (Å²) in [7, 11) is 1.90. The minimum Gasteiger partial charge on any atom is -0.342 e. The third-order valence-electron chi connectivity index (χ3n) is 3.15. The summed E-state index contributed by atoms with van der Waals surface area (Å²) in [5.41, 5.74) is 2.01. The molecule has 0 spiro atoms. The second kappa shape index (κ2) is 4.53. The van der Waals surface area contributed by atoms with Gasteiger partial charge in [0, 0.05) is 31.9 Å². The molecule has 0 saturated carbocycles. The van der Waals surface area contributed by atoms with E-state index >= 15 is 0 Å². The number of anilines is 1. The molecule has 1 N–H and O–H groups in total. The van der Waals surface area contributed by atoms with E-state index in [0.29, 0.717) is 4.64 Å². The summed E-state index contributed by atoms with van der Waals surface area (Å²) >= 11 is 5.24. The van der Waals surface area contributed by atoms with Gasteiger partial charge in [-0.3, -0.25) is 4.68 Å². The zero-order valence-electron chi connectivity index (χ0n) is 10.3. The van der Waals surface area contributed by atoms with Crippen molar-refractivity contribution < 1.29 is 0 Å². The fourth-order valence-corrected chi connectivity index (χ4v) is 2.44. The molecule has 0 aliphatic carbocycles. The molecule has 3 heterocycles. The minimum absolute atomic E-state index is 0.620. The number of aromatic nitrogens is 4. The summed E-state index contributed by atoms with van der Waals surface area (Å²) in [5, 5.41) is 4.18. The van der Waals surface area contributed by atoms with Gasteiger partial charge in [-0.05, 0) is 18.9 Å². The van der Waals surface area contributed by atoms with Gasteiger partial charge in [0.1, 0.15) is 4.64 Å². The highest BCUT2D eigenvalue weighted by molar-refractivity contribution is 7.71. The number of nitrogens with one attached hydrogen (secondary N) is 1. The van der Waals surface area contributed by atoms with Gasteiger partial charge in [-0.15, -0.1) is 0 Å². The van der Waals surface area contributed by atoms with E-state index in [-0.39, 0.29) is 0 Å². The lowest BCUT2D eigenvalue weighted by atomic mass is 10.2. The molecule has 94 valence electrons. The number of aryl methyl sites for hydroxylation is 1. The lowest BCUT2D eigenvalue weighted by Crippen LogP contribution is -2.20. The van der Waals surface area contributed by atoms with Crippen LogP contribution >= 0.6 is 12.2 Å². The molecule has 0 bridgehead atoms. The fraction of sp³-hybridized carbons (Fsp3) is 0.417. The summed E-state index contributed by atoms with van der Waals surface area (Å²) < 4.78 is 2.40. The monoisotopic (exact) mass is 261 g/mol. The zero-order chi connectivity index (χ0) is 12.5. The Morgan fingerprint density at radius 2 is 2.11 bits per heavy atom. The van der Waals surface area contributed by atoms with Crippen LogP contribution in [0.3, 0.4) is 0 Å².